The van der Waals surface area contributed by atoms with E-state index in [9.17, 15) is 8.78 Å². The first-order valence-corrected chi connectivity index (χ1v) is 6.37. The molecule has 5 heteroatoms. The van der Waals surface area contributed by atoms with Crippen LogP contribution in [0.4, 0.5) is 8.78 Å². The van der Waals surface area contributed by atoms with E-state index >= 15 is 0 Å². The molecule has 100 valence electrons. The van der Waals surface area contributed by atoms with Crippen molar-refractivity contribution >= 4 is 15.9 Å². The van der Waals surface area contributed by atoms with Crippen molar-refractivity contribution in [3.05, 3.63) is 63.6 Å². The molecule has 1 unspecified atom stereocenters. The first-order valence-electron chi connectivity index (χ1n) is 5.57. The second-order valence-corrected chi connectivity index (χ2v) is 4.86. The Labute approximate surface area is 118 Å². The summed E-state index contributed by atoms with van der Waals surface area (Å²) in [6, 6.07) is 8.01. The lowest BCUT2D eigenvalue weighted by atomic mass is 9.98. The zero-order chi connectivity index (χ0) is 14.0. The highest BCUT2D eigenvalue weighted by molar-refractivity contribution is 9.10. The molecule has 2 nitrogen and oxygen atoms in total. The van der Waals surface area contributed by atoms with E-state index in [1.807, 2.05) is 0 Å². The fourth-order valence-electron chi connectivity index (χ4n) is 1.88. The van der Waals surface area contributed by atoms with E-state index in [1.54, 1.807) is 18.2 Å². The maximum atomic E-state index is 14.0. The Balaban J connectivity index is 2.52. The van der Waals surface area contributed by atoms with Crippen molar-refractivity contribution in [3.8, 4) is 5.75 Å². The minimum absolute atomic E-state index is 0.276. The van der Waals surface area contributed by atoms with Crippen LogP contribution in [0.2, 0.25) is 0 Å². The van der Waals surface area contributed by atoms with Crippen LogP contribution in [-0.4, -0.2) is 7.11 Å². The minimum Gasteiger partial charge on any atom is -0.496 e. The second-order valence-electron chi connectivity index (χ2n) is 4.01. The van der Waals surface area contributed by atoms with Gasteiger partial charge in [0.15, 0.2) is 0 Å². The number of benzene rings is 2. The van der Waals surface area contributed by atoms with E-state index in [1.165, 1.54) is 25.3 Å². The summed E-state index contributed by atoms with van der Waals surface area (Å²) in [4.78, 5) is 0. The topological polar surface area (TPSA) is 35.2 Å². The summed E-state index contributed by atoms with van der Waals surface area (Å²) in [5, 5.41) is 0. The van der Waals surface area contributed by atoms with Crippen molar-refractivity contribution in [2.75, 3.05) is 7.11 Å². The molecule has 0 heterocycles. The fourth-order valence-corrected chi connectivity index (χ4v) is 2.26. The van der Waals surface area contributed by atoms with Gasteiger partial charge in [-0.1, -0.05) is 12.1 Å². The Bertz CT molecular complexity index is 604. The van der Waals surface area contributed by atoms with Crippen molar-refractivity contribution in [2.45, 2.75) is 6.04 Å². The van der Waals surface area contributed by atoms with Crippen LogP contribution in [0.5, 0.6) is 5.75 Å². The molecule has 0 bridgehead atoms. The van der Waals surface area contributed by atoms with E-state index in [0.29, 0.717) is 15.8 Å². The fraction of sp³-hybridized carbons (Fsp3) is 0.143. The van der Waals surface area contributed by atoms with Crippen molar-refractivity contribution in [1.82, 2.24) is 0 Å². The Kier molecular flexibility index (Phi) is 4.17. The first-order chi connectivity index (χ1) is 9.04. The van der Waals surface area contributed by atoms with E-state index in [4.69, 9.17) is 10.5 Å². The quantitative estimate of drug-likeness (QED) is 0.931. The molecule has 0 amide bonds. The summed E-state index contributed by atoms with van der Waals surface area (Å²) >= 11 is 3.10. The van der Waals surface area contributed by atoms with Crippen LogP contribution in [0.15, 0.2) is 40.9 Å². The third kappa shape index (κ3) is 2.77. The summed E-state index contributed by atoms with van der Waals surface area (Å²) in [6.07, 6.45) is 0. The maximum Gasteiger partial charge on any atom is 0.142 e. The number of ether oxygens (including phenoxy) is 1. The number of methoxy groups -OCH3 is 1. The lowest BCUT2D eigenvalue weighted by Gasteiger charge is -2.17. The van der Waals surface area contributed by atoms with Gasteiger partial charge >= 0.3 is 0 Å². The highest BCUT2D eigenvalue weighted by atomic mass is 79.9. The van der Waals surface area contributed by atoms with Crippen LogP contribution >= 0.6 is 15.9 Å². The maximum absolute atomic E-state index is 14.0. The van der Waals surface area contributed by atoms with Crippen LogP contribution in [0, 0.1) is 11.6 Å². The second kappa shape index (κ2) is 5.67. The van der Waals surface area contributed by atoms with Gasteiger partial charge in [0.1, 0.15) is 17.4 Å². The lowest BCUT2D eigenvalue weighted by molar-refractivity contribution is 0.406. The Hall–Kier alpha value is -1.46. The molecule has 0 saturated heterocycles. The van der Waals surface area contributed by atoms with Gasteiger partial charge in [0.05, 0.1) is 17.6 Å². The highest BCUT2D eigenvalue weighted by Crippen LogP contribution is 2.32. The van der Waals surface area contributed by atoms with Crippen molar-refractivity contribution in [1.29, 1.82) is 0 Å². The van der Waals surface area contributed by atoms with Gasteiger partial charge in [-0.3, -0.25) is 0 Å². The third-order valence-electron chi connectivity index (χ3n) is 2.84. The van der Waals surface area contributed by atoms with Gasteiger partial charge in [0.25, 0.3) is 0 Å². The average Bonchev–Trinajstić information content (AvgIpc) is 2.41. The summed E-state index contributed by atoms with van der Waals surface area (Å²) in [5.74, 6) is -0.476. The number of nitrogens with two attached hydrogens (primary N) is 1. The van der Waals surface area contributed by atoms with Crippen LogP contribution in [0.3, 0.4) is 0 Å². The summed E-state index contributed by atoms with van der Waals surface area (Å²) < 4.78 is 32.8. The molecule has 2 rings (SSSR count). The molecule has 0 aromatic heterocycles. The number of halogens is 3. The summed E-state index contributed by atoms with van der Waals surface area (Å²) in [5.41, 5.74) is 6.70. The Morgan fingerprint density at radius 3 is 2.58 bits per heavy atom. The molecule has 1 atom stereocenters. The normalized spacial score (nSPS) is 12.3. The first kappa shape index (κ1) is 14.0. The van der Waals surface area contributed by atoms with E-state index in [2.05, 4.69) is 15.9 Å². The van der Waals surface area contributed by atoms with E-state index in [-0.39, 0.29) is 5.56 Å². The molecule has 19 heavy (non-hydrogen) atoms. The Morgan fingerprint density at radius 1 is 1.16 bits per heavy atom. The molecule has 0 aliphatic heterocycles. The molecule has 0 radical (unpaired) electrons. The predicted molar refractivity (Wildman–Crippen MR) is 73.1 cm³/mol. The number of hydrogen-bond donors (Lipinski definition) is 1. The van der Waals surface area contributed by atoms with Gasteiger partial charge in [0.2, 0.25) is 0 Å². The molecular weight excluding hydrogens is 316 g/mol. The number of hydrogen-bond acceptors (Lipinski definition) is 2. The molecule has 2 N–H and O–H groups in total. The van der Waals surface area contributed by atoms with E-state index < -0.39 is 17.7 Å². The smallest absolute Gasteiger partial charge is 0.142 e. The molecule has 0 spiro atoms. The van der Waals surface area contributed by atoms with Crippen molar-refractivity contribution in [3.63, 3.8) is 0 Å². The Morgan fingerprint density at radius 2 is 1.89 bits per heavy atom. The molecule has 0 saturated carbocycles. The monoisotopic (exact) mass is 327 g/mol. The molecular formula is C14H12BrF2NO. The molecule has 0 aliphatic rings. The average molecular weight is 328 g/mol. The molecule has 0 aliphatic carbocycles. The molecule has 2 aromatic carbocycles. The SMILES string of the molecule is COc1ccc(F)cc1C(N)c1cccc(Br)c1F. The highest BCUT2D eigenvalue weighted by Gasteiger charge is 2.19. The van der Waals surface area contributed by atoms with Gasteiger partial charge < -0.3 is 10.5 Å². The van der Waals surface area contributed by atoms with Gasteiger partial charge in [-0.25, -0.2) is 8.78 Å². The summed E-state index contributed by atoms with van der Waals surface area (Å²) in [6.45, 7) is 0. The predicted octanol–water partition coefficient (Wildman–Crippen LogP) is 3.78. The standard InChI is InChI=1S/C14H12BrF2NO/c1-19-12-6-5-8(16)7-10(12)14(18)9-3-2-4-11(15)13(9)17/h2-7,14H,18H2,1H3. The van der Waals surface area contributed by atoms with E-state index in [0.717, 1.165) is 0 Å². The van der Waals surface area contributed by atoms with Crippen molar-refractivity contribution in [2.24, 2.45) is 5.73 Å². The van der Waals surface area contributed by atoms with Crippen LogP contribution < -0.4 is 10.5 Å². The van der Waals surface area contributed by atoms with Gasteiger partial charge in [-0.15, -0.1) is 0 Å². The van der Waals surface area contributed by atoms with Crippen LogP contribution in [-0.2, 0) is 0 Å². The largest absolute Gasteiger partial charge is 0.496 e. The summed E-state index contributed by atoms with van der Waals surface area (Å²) in [7, 11) is 1.46. The zero-order valence-electron chi connectivity index (χ0n) is 10.2. The van der Waals surface area contributed by atoms with Crippen molar-refractivity contribution < 1.29 is 13.5 Å². The van der Waals surface area contributed by atoms with Crippen LogP contribution in [0.25, 0.3) is 0 Å². The lowest BCUT2D eigenvalue weighted by Crippen LogP contribution is -2.15. The third-order valence-corrected chi connectivity index (χ3v) is 3.46. The molecule has 0 fully saturated rings. The molecule has 2 aromatic rings. The van der Waals surface area contributed by atoms with Gasteiger partial charge in [-0.05, 0) is 40.2 Å². The minimum atomic E-state index is -0.803. The number of rotatable bonds is 3. The van der Waals surface area contributed by atoms with Gasteiger partial charge in [0, 0.05) is 11.1 Å². The van der Waals surface area contributed by atoms with Gasteiger partial charge in [-0.2, -0.15) is 0 Å². The zero-order valence-corrected chi connectivity index (χ0v) is 11.7. The van der Waals surface area contributed by atoms with Crippen LogP contribution in [0.1, 0.15) is 17.2 Å².